The van der Waals surface area contributed by atoms with Gasteiger partial charge in [0.05, 0.1) is 13.2 Å². The SMILES string of the molecule is N=[N+]=N.OC[C@H]1O[C@@](CO)(O[C@H]2O[C@H](CO)[C@@H](O)[C@H](O)[C@H]2O)[C@@H](O)[C@@H]1O. The van der Waals surface area contributed by atoms with Gasteiger partial charge in [-0.1, -0.05) is 0 Å². The van der Waals surface area contributed by atoms with Crippen molar-refractivity contribution in [2.75, 3.05) is 19.8 Å². The minimum Gasteiger partial charge on any atom is -0.394 e. The largest absolute Gasteiger partial charge is 0.394 e. The van der Waals surface area contributed by atoms with Crippen LogP contribution in [-0.2, 0) is 14.2 Å². The highest BCUT2D eigenvalue weighted by molar-refractivity contribution is 4.98. The van der Waals surface area contributed by atoms with Gasteiger partial charge in [0.25, 0.3) is 0 Å². The van der Waals surface area contributed by atoms with E-state index in [9.17, 15) is 30.6 Å². The van der Waals surface area contributed by atoms with E-state index < -0.39 is 74.6 Å². The highest BCUT2D eigenvalue weighted by Gasteiger charge is 2.58. The Balaban J connectivity index is 0.00000105. The van der Waals surface area contributed by atoms with Gasteiger partial charge < -0.3 is 55.1 Å². The molecule has 2 rings (SSSR count). The maximum atomic E-state index is 10.00. The topological polar surface area (TPSA) is 251 Å². The summed E-state index contributed by atoms with van der Waals surface area (Å²) in [4.78, 5) is 2.00. The van der Waals surface area contributed by atoms with Crippen molar-refractivity contribution in [3.8, 4) is 0 Å². The highest BCUT2D eigenvalue weighted by Crippen LogP contribution is 2.35. The molecule has 2 heterocycles. The molecule has 14 heteroatoms. The van der Waals surface area contributed by atoms with Gasteiger partial charge in [0.1, 0.15) is 60.4 Å². The van der Waals surface area contributed by atoms with Crippen LogP contribution in [0, 0.1) is 11.1 Å². The zero-order valence-electron chi connectivity index (χ0n) is 13.5. The van der Waals surface area contributed by atoms with Crippen LogP contribution in [-0.4, -0.2) is 115 Å². The Morgan fingerprint density at radius 3 is 1.81 bits per heavy atom. The van der Waals surface area contributed by atoms with Crippen molar-refractivity contribution in [1.82, 2.24) is 4.91 Å². The Morgan fingerprint density at radius 2 is 1.38 bits per heavy atom. The minimum atomic E-state index is -2.22. The lowest BCUT2D eigenvalue weighted by Gasteiger charge is -2.43. The van der Waals surface area contributed by atoms with Crippen molar-refractivity contribution in [3.05, 3.63) is 0 Å². The number of nitrogens with one attached hydrogen (secondary N) is 2. The molecule has 2 fully saturated rings. The molecule has 2 aliphatic heterocycles. The second-order valence-electron chi connectivity index (χ2n) is 5.67. The van der Waals surface area contributed by atoms with Crippen LogP contribution in [0.3, 0.4) is 0 Å². The van der Waals surface area contributed by atoms with Crippen LogP contribution in [0.25, 0.3) is 0 Å². The Bertz CT molecular complexity index is 477. The molecular formula is C12H24N3O11+. The molecule has 10 N–H and O–H groups in total. The fourth-order valence-corrected chi connectivity index (χ4v) is 2.63. The minimum absolute atomic E-state index is 0.669. The molecule has 0 saturated carbocycles. The molecule has 9 atom stereocenters. The standard InChI is InChI=1S/C12H22O11.H2N3/c13-1-4-6(16)8(18)9(19)11(21-4)23-12(3-15)10(20)7(17)5(2-14)22-12;1-3-2/h4-11,13-20H,1-3H2;1-2H/q;+1/t4-,5-,6-,7-,8+,9-,10+,11-,12+;/m1./s1. The third-order valence-corrected chi connectivity index (χ3v) is 4.07. The van der Waals surface area contributed by atoms with Gasteiger partial charge in [0.2, 0.25) is 10.7 Å². The third-order valence-electron chi connectivity index (χ3n) is 4.07. The first-order valence-corrected chi connectivity index (χ1v) is 7.50. The Kier molecular flexibility index (Phi) is 8.55. The second kappa shape index (κ2) is 9.70. The van der Waals surface area contributed by atoms with Gasteiger partial charge in [-0.25, -0.2) is 0 Å². The fourth-order valence-electron chi connectivity index (χ4n) is 2.63. The molecule has 0 aliphatic carbocycles. The summed E-state index contributed by atoms with van der Waals surface area (Å²) in [5.41, 5.74) is 11.0. The molecule has 0 unspecified atom stereocenters. The predicted octanol–water partition coefficient (Wildman–Crippen LogP) is -5.28. The molecule has 152 valence electrons. The van der Waals surface area contributed by atoms with Crippen LogP contribution >= 0.6 is 0 Å². The van der Waals surface area contributed by atoms with Gasteiger partial charge in [-0.3, -0.25) is 0 Å². The lowest BCUT2D eigenvalue weighted by atomic mass is 9.99. The summed E-state index contributed by atoms with van der Waals surface area (Å²) in [6, 6.07) is 0. The average molecular weight is 386 g/mol. The van der Waals surface area contributed by atoms with Gasteiger partial charge in [-0.05, 0) is 0 Å². The van der Waals surface area contributed by atoms with E-state index in [0.717, 1.165) is 0 Å². The van der Waals surface area contributed by atoms with Gasteiger partial charge >= 0.3 is 0 Å². The van der Waals surface area contributed by atoms with E-state index in [2.05, 4.69) is 0 Å². The number of aliphatic hydroxyl groups is 8. The molecule has 0 amide bonds. The summed E-state index contributed by atoms with van der Waals surface area (Å²) >= 11 is 0. The maximum absolute atomic E-state index is 10.00. The second-order valence-corrected chi connectivity index (χ2v) is 5.67. The van der Waals surface area contributed by atoms with Gasteiger partial charge in [0.15, 0.2) is 6.29 Å². The number of aliphatic hydroxyl groups excluding tert-OH is 8. The highest BCUT2D eigenvalue weighted by atomic mass is 16.8. The first-order valence-electron chi connectivity index (χ1n) is 7.50. The number of hydrogen-bond acceptors (Lipinski definition) is 13. The van der Waals surface area contributed by atoms with E-state index in [1.54, 1.807) is 0 Å². The van der Waals surface area contributed by atoms with Gasteiger partial charge in [0, 0.05) is 0 Å². The maximum Gasteiger partial charge on any atom is 0.224 e. The Hall–Kier alpha value is -1.13. The summed E-state index contributed by atoms with van der Waals surface area (Å²) in [5, 5.41) is 76.7. The molecule has 0 aromatic carbocycles. The van der Waals surface area contributed by atoms with Crippen LogP contribution in [0.1, 0.15) is 0 Å². The molecular weight excluding hydrogens is 362 g/mol. The van der Waals surface area contributed by atoms with E-state index in [1.807, 2.05) is 4.91 Å². The quantitative estimate of drug-likeness (QED) is 0.158. The van der Waals surface area contributed by atoms with Crippen LogP contribution in [0.15, 0.2) is 0 Å². The van der Waals surface area contributed by atoms with Crippen LogP contribution in [0.4, 0.5) is 0 Å². The lowest BCUT2D eigenvalue weighted by molar-refractivity contribution is -0.383. The normalized spacial score (nSPS) is 45.5. The molecule has 26 heavy (non-hydrogen) atoms. The Labute approximate surface area is 146 Å². The predicted molar refractivity (Wildman–Crippen MR) is 76.2 cm³/mol. The van der Waals surface area contributed by atoms with E-state index >= 15 is 0 Å². The Morgan fingerprint density at radius 1 is 0.846 bits per heavy atom. The lowest BCUT2D eigenvalue weighted by Crippen LogP contribution is -2.62. The molecule has 14 nitrogen and oxygen atoms in total. The molecule has 2 saturated heterocycles. The molecule has 2 aliphatic rings. The molecule has 0 radical (unpaired) electrons. The van der Waals surface area contributed by atoms with Crippen molar-refractivity contribution < 1.29 is 55.1 Å². The zero-order valence-corrected chi connectivity index (χ0v) is 13.5. The van der Waals surface area contributed by atoms with Crippen LogP contribution < -0.4 is 4.91 Å². The van der Waals surface area contributed by atoms with E-state index in [-0.39, 0.29) is 0 Å². The third kappa shape index (κ3) is 4.40. The van der Waals surface area contributed by atoms with Gasteiger partial charge in [-0.15, -0.1) is 0 Å². The van der Waals surface area contributed by atoms with Crippen molar-refractivity contribution >= 4 is 0 Å². The monoisotopic (exact) mass is 386 g/mol. The first-order chi connectivity index (χ1) is 12.2. The number of rotatable bonds is 5. The summed E-state index contributed by atoms with van der Waals surface area (Å²) < 4.78 is 15.4. The first kappa shape index (κ1) is 22.9. The summed E-state index contributed by atoms with van der Waals surface area (Å²) in [5.74, 6) is -2.22. The molecule has 0 aromatic heterocycles. The van der Waals surface area contributed by atoms with Crippen molar-refractivity contribution in [2.45, 2.75) is 54.8 Å². The fraction of sp³-hybridized carbons (Fsp3) is 1.00. The summed E-state index contributed by atoms with van der Waals surface area (Å²) in [7, 11) is 0. The number of hydrogen-bond donors (Lipinski definition) is 10. The smallest absolute Gasteiger partial charge is 0.224 e. The van der Waals surface area contributed by atoms with E-state index in [0.29, 0.717) is 0 Å². The van der Waals surface area contributed by atoms with E-state index in [1.165, 1.54) is 0 Å². The summed E-state index contributed by atoms with van der Waals surface area (Å²) in [6.45, 7) is -2.32. The molecule has 0 spiro atoms. The number of ether oxygens (including phenoxy) is 3. The van der Waals surface area contributed by atoms with Crippen molar-refractivity contribution in [3.63, 3.8) is 0 Å². The van der Waals surface area contributed by atoms with Crippen LogP contribution in [0.5, 0.6) is 0 Å². The van der Waals surface area contributed by atoms with Crippen LogP contribution in [0.2, 0.25) is 0 Å². The van der Waals surface area contributed by atoms with Gasteiger partial charge in [-0.2, -0.15) is 0 Å². The molecule has 0 bridgehead atoms. The number of nitrogens with zero attached hydrogens (tertiary/aromatic N) is 1. The average Bonchev–Trinajstić information content (AvgIpc) is 2.88. The van der Waals surface area contributed by atoms with Crippen molar-refractivity contribution in [1.29, 1.82) is 11.1 Å². The molecule has 0 aromatic rings. The van der Waals surface area contributed by atoms with E-state index in [4.69, 9.17) is 35.5 Å². The summed E-state index contributed by atoms with van der Waals surface area (Å²) in [6.07, 6.45) is -12.7. The van der Waals surface area contributed by atoms with Crippen molar-refractivity contribution in [2.24, 2.45) is 0 Å². The zero-order chi connectivity index (χ0) is 20.1.